The fourth-order valence-corrected chi connectivity index (χ4v) is 2.07. The number of benzene rings is 1. The van der Waals surface area contributed by atoms with Crippen LogP contribution in [0, 0.1) is 6.92 Å². The van der Waals surface area contributed by atoms with Crippen molar-refractivity contribution in [2.45, 2.75) is 26.6 Å². The summed E-state index contributed by atoms with van der Waals surface area (Å²) in [6.45, 7) is 5.21. The van der Waals surface area contributed by atoms with Gasteiger partial charge in [0.05, 0.1) is 16.7 Å². The molecule has 6 heteroatoms. The highest BCUT2D eigenvalue weighted by Gasteiger charge is 2.32. The van der Waals surface area contributed by atoms with Crippen LogP contribution in [0.3, 0.4) is 0 Å². The van der Waals surface area contributed by atoms with E-state index in [1.165, 1.54) is 0 Å². The van der Waals surface area contributed by atoms with Crippen LogP contribution in [0.1, 0.15) is 30.0 Å². The lowest BCUT2D eigenvalue weighted by molar-refractivity contribution is -0.0431. The first kappa shape index (κ1) is 11.7. The molecule has 98 valence electrons. The van der Waals surface area contributed by atoms with Crippen LogP contribution in [0.25, 0.3) is 11.0 Å². The molecule has 3 rings (SSSR count). The van der Waals surface area contributed by atoms with E-state index in [1.54, 1.807) is 32.9 Å². The van der Waals surface area contributed by atoms with E-state index >= 15 is 0 Å². The zero-order valence-electron chi connectivity index (χ0n) is 10.7. The topological polar surface area (TPSA) is 81.5 Å². The van der Waals surface area contributed by atoms with E-state index < -0.39 is 11.8 Å². The van der Waals surface area contributed by atoms with Crippen molar-refractivity contribution in [3.05, 3.63) is 23.5 Å². The predicted octanol–water partition coefficient (Wildman–Crippen LogP) is 2.14. The van der Waals surface area contributed by atoms with Gasteiger partial charge in [0.1, 0.15) is 0 Å². The molecule has 0 bridgehead atoms. The second-order valence-corrected chi connectivity index (χ2v) is 4.85. The van der Waals surface area contributed by atoms with E-state index in [0.717, 1.165) is 0 Å². The molecule has 0 amide bonds. The molecular weight excluding hydrogens is 248 g/mol. The highest BCUT2D eigenvalue weighted by atomic mass is 16.7. The number of aromatic carboxylic acids is 1. The first-order valence-corrected chi connectivity index (χ1v) is 5.79. The van der Waals surface area contributed by atoms with Crippen LogP contribution in [0.2, 0.25) is 0 Å². The number of carbonyl (C=O) groups is 1. The lowest BCUT2D eigenvalue weighted by atomic mass is 10.2. The number of fused-ring (bicyclic) bond motifs is 2. The van der Waals surface area contributed by atoms with Crippen LogP contribution in [0.5, 0.6) is 11.5 Å². The van der Waals surface area contributed by atoms with Crippen molar-refractivity contribution >= 4 is 17.0 Å². The summed E-state index contributed by atoms with van der Waals surface area (Å²) in [6, 6.07) is 3.36. The highest BCUT2D eigenvalue weighted by molar-refractivity contribution is 5.90. The van der Waals surface area contributed by atoms with Crippen molar-refractivity contribution in [3.63, 3.8) is 0 Å². The normalized spacial score (nSPS) is 15.7. The van der Waals surface area contributed by atoms with Gasteiger partial charge in [-0.3, -0.25) is 0 Å². The van der Waals surface area contributed by atoms with E-state index in [1.807, 2.05) is 0 Å². The van der Waals surface area contributed by atoms with Gasteiger partial charge in [-0.15, -0.1) is 0 Å². The maximum Gasteiger partial charge on any atom is 0.356 e. The molecule has 0 fully saturated rings. The van der Waals surface area contributed by atoms with E-state index in [2.05, 4.69) is 9.97 Å². The Morgan fingerprint density at radius 3 is 2.21 bits per heavy atom. The molecule has 0 saturated heterocycles. The number of carboxylic acids is 1. The van der Waals surface area contributed by atoms with Gasteiger partial charge < -0.3 is 14.6 Å². The smallest absolute Gasteiger partial charge is 0.356 e. The summed E-state index contributed by atoms with van der Waals surface area (Å²) in [4.78, 5) is 19.4. The minimum atomic E-state index is -1.09. The van der Waals surface area contributed by atoms with Crippen molar-refractivity contribution < 1.29 is 19.4 Å². The van der Waals surface area contributed by atoms with Crippen LogP contribution in [-0.2, 0) is 0 Å². The number of ether oxygens (including phenoxy) is 2. The molecular formula is C13H12N2O4. The van der Waals surface area contributed by atoms with Crippen LogP contribution in [0.15, 0.2) is 12.1 Å². The van der Waals surface area contributed by atoms with Gasteiger partial charge >= 0.3 is 5.97 Å². The average molecular weight is 260 g/mol. The summed E-state index contributed by atoms with van der Waals surface area (Å²) in [5.41, 5.74) is 1.38. The van der Waals surface area contributed by atoms with E-state index in [4.69, 9.17) is 14.6 Å². The third-order valence-electron chi connectivity index (χ3n) is 2.82. The summed E-state index contributed by atoms with van der Waals surface area (Å²) >= 11 is 0. The molecule has 1 aliphatic rings. The Hall–Kier alpha value is -2.37. The summed E-state index contributed by atoms with van der Waals surface area (Å²) in [7, 11) is 0. The van der Waals surface area contributed by atoms with Gasteiger partial charge in [0.25, 0.3) is 0 Å². The third kappa shape index (κ3) is 1.85. The summed E-state index contributed by atoms with van der Waals surface area (Å²) < 4.78 is 11.2. The number of aryl methyl sites for hydroxylation is 1. The SMILES string of the molecule is Cc1nc2cc3c(cc2nc1C(=O)O)OC(C)(C)O3. The Kier molecular flexibility index (Phi) is 2.20. The van der Waals surface area contributed by atoms with Gasteiger partial charge in [-0.1, -0.05) is 0 Å². The molecule has 1 N–H and O–H groups in total. The first-order valence-electron chi connectivity index (χ1n) is 5.79. The second-order valence-electron chi connectivity index (χ2n) is 4.85. The highest BCUT2D eigenvalue weighted by Crippen LogP contribution is 2.41. The standard InChI is InChI=1S/C13H12N2O4/c1-6-11(12(16)17)15-8-5-10-9(4-7(8)14-6)18-13(2,3)19-10/h4-5H,1-3H3,(H,16,17). The minimum Gasteiger partial charge on any atom is -0.476 e. The maximum atomic E-state index is 11.0. The molecule has 6 nitrogen and oxygen atoms in total. The van der Waals surface area contributed by atoms with Crippen molar-refractivity contribution in [1.29, 1.82) is 0 Å². The number of rotatable bonds is 1. The maximum absolute atomic E-state index is 11.0. The first-order chi connectivity index (χ1) is 8.85. The van der Waals surface area contributed by atoms with Gasteiger partial charge in [0, 0.05) is 26.0 Å². The van der Waals surface area contributed by atoms with Gasteiger partial charge in [0.15, 0.2) is 17.2 Å². The molecule has 0 unspecified atom stereocenters. The lowest BCUT2D eigenvalue weighted by Gasteiger charge is -2.16. The molecule has 0 atom stereocenters. The Morgan fingerprint density at radius 2 is 1.68 bits per heavy atom. The number of hydrogen-bond donors (Lipinski definition) is 1. The molecule has 0 spiro atoms. The molecule has 0 aliphatic carbocycles. The number of nitrogens with zero attached hydrogens (tertiary/aromatic N) is 2. The molecule has 1 aromatic carbocycles. The summed E-state index contributed by atoms with van der Waals surface area (Å²) in [5.74, 6) is -0.684. The van der Waals surface area contributed by atoms with E-state index in [-0.39, 0.29) is 5.69 Å². The molecule has 0 radical (unpaired) electrons. The molecule has 2 aromatic rings. The zero-order valence-corrected chi connectivity index (χ0v) is 10.7. The van der Waals surface area contributed by atoms with Crippen molar-refractivity contribution in [3.8, 4) is 11.5 Å². The summed E-state index contributed by atoms with van der Waals surface area (Å²) in [5, 5.41) is 9.04. The fourth-order valence-electron chi connectivity index (χ4n) is 2.07. The molecule has 1 aliphatic heterocycles. The quantitative estimate of drug-likeness (QED) is 0.846. The predicted molar refractivity (Wildman–Crippen MR) is 66.6 cm³/mol. The van der Waals surface area contributed by atoms with Gasteiger partial charge in [-0.05, 0) is 6.92 Å². The monoisotopic (exact) mass is 260 g/mol. The van der Waals surface area contributed by atoms with Crippen LogP contribution < -0.4 is 9.47 Å². The Labute approximate surface area is 109 Å². The number of carboxylic acid groups (broad SMARTS) is 1. The Bertz CT molecular complexity index is 709. The molecule has 0 saturated carbocycles. The fraction of sp³-hybridized carbons (Fsp3) is 0.308. The minimum absolute atomic E-state index is 0.0503. The number of hydrogen-bond acceptors (Lipinski definition) is 5. The summed E-state index contributed by atoms with van der Waals surface area (Å²) in [6.07, 6.45) is 0. The molecule has 1 aromatic heterocycles. The van der Waals surface area contributed by atoms with Crippen molar-refractivity contribution in [2.75, 3.05) is 0 Å². The molecule has 2 heterocycles. The largest absolute Gasteiger partial charge is 0.476 e. The van der Waals surface area contributed by atoms with E-state index in [9.17, 15) is 4.79 Å². The van der Waals surface area contributed by atoms with Crippen LogP contribution >= 0.6 is 0 Å². The van der Waals surface area contributed by atoms with Gasteiger partial charge in [0.2, 0.25) is 5.79 Å². The molecule has 19 heavy (non-hydrogen) atoms. The van der Waals surface area contributed by atoms with Gasteiger partial charge in [-0.25, -0.2) is 14.8 Å². The Morgan fingerprint density at radius 1 is 1.16 bits per heavy atom. The van der Waals surface area contributed by atoms with Crippen molar-refractivity contribution in [2.24, 2.45) is 0 Å². The second kappa shape index (κ2) is 3.57. The van der Waals surface area contributed by atoms with Crippen LogP contribution in [0.4, 0.5) is 0 Å². The zero-order chi connectivity index (χ0) is 13.8. The van der Waals surface area contributed by atoms with Gasteiger partial charge in [-0.2, -0.15) is 0 Å². The van der Waals surface area contributed by atoms with Crippen molar-refractivity contribution in [1.82, 2.24) is 9.97 Å². The Balaban J connectivity index is 2.22. The number of aromatic nitrogens is 2. The average Bonchev–Trinajstić information content (AvgIpc) is 2.57. The van der Waals surface area contributed by atoms with Crippen LogP contribution in [-0.4, -0.2) is 26.8 Å². The third-order valence-corrected chi connectivity index (χ3v) is 2.82. The van der Waals surface area contributed by atoms with E-state index in [0.29, 0.717) is 28.2 Å². The lowest BCUT2D eigenvalue weighted by Crippen LogP contribution is -2.29.